The summed E-state index contributed by atoms with van der Waals surface area (Å²) in [6.07, 6.45) is 9.36. The van der Waals surface area contributed by atoms with E-state index in [4.69, 9.17) is 19.6 Å². The molecule has 8 N–H and O–H groups in total. The van der Waals surface area contributed by atoms with Crippen LogP contribution >= 0.6 is 17.2 Å². The first-order valence-electron chi connectivity index (χ1n) is 19.2. The normalized spacial score (nSPS) is 26.4. The summed E-state index contributed by atoms with van der Waals surface area (Å²) in [6.45, 7) is 43.0. The summed E-state index contributed by atoms with van der Waals surface area (Å²) in [7, 11) is -5.22. The molecule has 54 heavy (non-hydrogen) atoms. The summed E-state index contributed by atoms with van der Waals surface area (Å²) < 4.78 is 3.60. The Bertz CT molecular complexity index is 1310. The van der Waals surface area contributed by atoms with E-state index < -0.39 is 70.7 Å². The first kappa shape index (κ1) is 51.5. The first-order chi connectivity index (χ1) is 23.7. The van der Waals surface area contributed by atoms with Crippen molar-refractivity contribution in [2.24, 2.45) is 60.6 Å². The van der Waals surface area contributed by atoms with Gasteiger partial charge in [0, 0.05) is 22.7 Å². The van der Waals surface area contributed by atoms with Crippen LogP contribution in [0.15, 0.2) is 46.6 Å². The smallest absolute Gasteiger partial charge is 0.334 e. The SMILES string of the molecule is CC(C)(C)C1=CC(C)(C(C)(C)C)C(C(O)(C2C(C(C)(C)C)=CC(C(C)(C)C)=CC2(C)C(C)(C)C)C(CO)(CO)CO)C(C(C)(C)C)=C1.OP(O)OP(O)O. The van der Waals surface area contributed by atoms with Gasteiger partial charge in [0.1, 0.15) is 0 Å². The molecule has 0 aromatic carbocycles. The molecule has 11 heteroatoms. The number of aliphatic hydroxyl groups excluding tert-OH is 3. The van der Waals surface area contributed by atoms with Crippen molar-refractivity contribution in [3.63, 3.8) is 0 Å². The van der Waals surface area contributed by atoms with Gasteiger partial charge in [0.15, 0.2) is 0 Å². The molecule has 2 aliphatic rings. The molecule has 0 saturated heterocycles. The van der Waals surface area contributed by atoms with Gasteiger partial charge in [-0.1, -0.05) is 174 Å². The van der Waals surface area contributed by atoms with Crippen molar-refractivity contribution in [3.8, 4) is 0 Å². The molecule has 316 valence electrons. The molecule has 0 heterocycles. The van der Waals surface area contributed by atoms with Crippen molar-refractivity contribution in [1.29, 1.82) is 0 Å². The van der Waals surface area contributed by atoms with Crippen LogP contribution in [0.4, 0.5) is 0 Å². The molecule has 4 atom stereocenters. The Morgan fingerprint density at radius 1 is 0.519 bits per heavy atom. The van der Waals surface area contributed by atoms with E-state index in [2.05, 4.69) is 167 Å². The van der Waals surface area contributed by atoms with Crippen molar-refractivity contribution in [2.75, 3.05) is 19.8 Å². The van der Waals surface area contributed by atoms with E-state index in [9.17, 15) is 20.4 Å². The quantitative estimate of drug-likeness (QED) is 0.111. The lowest BCUT2D eigenvalue weighted by Gasteiger charge is -2.67. The minimum Gasteiger partial charge on any atom is -0.395 e. The molecule has 0 aromatic heterocycles. The van der Waals surface area contributed by atoms with Gasteiger partial charge < -0.3 is 40.0 Å². The number of hydrogen-bond acceptors (Lipinski definition) is 9. The fourth-order valence-corrected chi connectivity index (χ4v) is 8.79. The molecule has 4 unspecified atom stereocenters. The van der Waals surface area contributed by atoms with E-state index in [1.54, 1.807) is 0 Å². The second kappa shape index (κ2) is 16.6. The highest BCUT2D eigenvalue weighted by molar-refractivity contribution is 7.53. The summed E-state index contributed by atoms with van der Waals surface area (Å²) in [5.74, 6) is -1.15. The lowest BCUT2D eigenvalue weighted by molar-refractivity contribution is -0.245. The summed E-state index contributed by atoms with van der Waals surface area (Å²) >= 11 is 0. The van der Waals surface area contributed by atoms with E-state index >= 15 is 0 Å². The second-order valence-corrected chi connectivity index (χ2v) is 24.2. The first-order valence-corrected chi connectivity index (χ1v) is 21.5. The fraction of sp³-hybridized carbons (Fsp3) is 0.814. The Balaban J connectivity index is 0.00000189. The van der Waals surface area contributed by atoms with Crippen LogP contribution in [0.5, 0.6) is 0 Å². The molecule has 9 nitrogen and oxygen atoms in total. The predicted molar refractivity (Wildman–Crippen MR) is 225 cm³/mol. The lowest BCUT2D eigenvalue weighted by Crippen LogP contribution is -2.72. The van der Waals surface area contributed by atoms with Crippen LogP contribution in [-0.2, 0) is 4.31 Å². The van der Waals surface area contributed by atoms with Gasteiger partial charge in [0.2, 0.25) is 0 Å². The average Bonchev–Trinajstić information content (AvgIpc) is 2.93. The van der Waals surface area contributed by atoms with Crippen molar-refractivity contribution < 1.29 is 44.3 Å². The second-order valence-electron chi connectivity index (χ2n) is 22.5. The largest absolute Gasteiger partial charge is 0.395 e. The van der Waals surface area contributed by atoms with Gasteiger partial charge in [0.25, 0.3) is 0 Å². The van der Waals surface area contributed by atoms with Crippen LogP contribution in [0.1, 0.15) is 138 Å². The van der Waals surface area contributed by atoms with Crippen molar-refractivity contribution in [3.05, 3.63) is 46.6 Å². The summed E-state index contributed by atoms with van der Waals surface area (Å²) in [6, 6.07) is 0. The summed E-state index contributed by atoms with van der Waals surface area (Å²) in [4.78, 5) is 31.3. The Morgan fingerprint density at radius 2 is 0.778 bits per heavy atom. The van der Waals surface area contributed by atoms with Gasteiger partial charge in [-0.2, -0.15) is 0 Å². The third kappa shape index (κ3) is 10.2. The van der Waals surface area contributed by atoms with Gasteiger partial charge in [0.05, 0.1) is 30.8 Å². The molecular weight excluding hydrogens is 722 g/mol. The number of allylic oxidation sites excluding steroid dienone is 6. The van der Waals surface area contributed by atoms with E-state index in [1.807, 2.05) is 0 Å². The Kier molecular flexibility index (Phi) is 15.8. The summed E-state index contributed by atoms with van der Waals surface area (Å²) in [5, 5.41) is 49.1. The molecule has 0 aromatic rings. The molecule has 0 aliphatic heterocycles. The van der Waals surface area contributed by atoms with Gasteiger partial charge in [-0.3, -0.25) is 0 Å². The van der Waals surface area contributed by atoms with Crippen molar-refractivity contribution in [1.82, 2.24) is 0 Å². The summed E-state index contributed by atoms with van der Waals surface area (Å²) in [5.41, 5.74) is -1.95. The highest BCUT2D eigenvalue weighted by Gasteiger charge is 2.71. The molecule has 0 spiro atoms. The number of aliphatic hydroxyl groups is 4. The maximum absolute atomic E-state index is 14.6. The predicted octanol–water partition coefficient (Wildman–Crippen LogP) is 9.36. The standard InChI is InChI=1S/C43H76O4.H4O5P2/c1-34(2,3)28-21-30(36(7,8)9)32(40(19,23-28)38(13,14)15)43(47,42(25-44,26-45)27-46)33-31(37(10,11)12)22-29(35(4,5)6)24-41(33,20)39(16,17)18;1-6(2)5-7(3)4/h21-24,32-33,44-47H,25-27H2,1-20H3;1-4H. The maximum Gasteiger partial charge on any atom is 0.334 e. The maximum atomic E-state index is 14.6. The third-order valence-electron chi connectivity index (χ3n) is 12.8. The Morgan fingerprint density at radius 3 is 0.926 bits per heavy atom. The fourth-order valence-electron chi connectivity index (χ4n) is 8.27. The highest BCUT2D eigenvalue weighted by Crippen LogP contribution is 2.70. The van der Waals surface area contributed by atoms with Crippen molar-refractivity contribution in [2.45, 2.75) is 144 Å². The molecule has 0 saturated carbocycles. The lowest BCUT2D eigenvalue weighted by atomic mass is 9.38. The number of rotatable bonds is 8. The van der Waals surface area contributed by atoms with Gasteiger partial charge in [-0.25, -0.2) is 4.31 Å². The zero-order chi connectivity index (χ0) is 43.3. The monoisotopic (exact) mass is 803 g/mol. The van der Waals surface area contributed by atoms with Crippen LogP contribution in [-0.4, -0.2) is 65.4 Å². The van der Waals surface area contributed by atoms with E-state index in [-0.39, 0.29) is 32.5 Å². The van der Waals surface area contributed by atoms with E-state index in [1.165, 1.54) is 11.1 Å². The van der Waals surface area contributed by atoms with Crippen LogP contribution < -0.4 is 0 Å². The molecule has 2 rings (SSSR count). The Labute approximate surface area is 331 Å². The molecular formula is C43H80O9P2. The average molecular weight is 803 g/mol. The van der Waals surface area contributed by atoms with Crippen LogP contribution in [0.3, 0.4) is 0 Å². The zero-order valence-electron chi connectivity index (χ0n) is 37.5. The molecule has 0 radical (unpaired) electrons. The zero-order valence-corrected chi connectivity index (χ0v) is 39.3. The van der Waals surface area contributed by atoms with E-state index in [0.717, 1.165) is 11.1 Å². The molecule has 0 bridgehead atoms. The third-order valence-corrected chi connectivity index (χ3v) is 14.0. The van der Waals surface area contributed by atoms with Crippen LogP contribution in [0.25, 0.3) is 0 Å². The van der Waals surface area contributed by atoms with Gasteiger partial charge >= 0.3 is 17.2 Å². The molecule has 0 fully saturated rings. The van der Waals surface area contributed by atoms with Gasteiger partial charge in [-0.05, 0) is 43.6 Å². The Hall–Kier alpha value is -0.540. The van der Waals surface area contributed by atoms with Crippen LogP contribution in [0, 0.1) is 60.6 Å². The number of hydrogen-bond donors (Lipinski definition) is 8. The highest BCUT2D eigenvalue weighted by atomic mass is 31.2. The van der Waals surface area contributed by atoms with Crippen LogP contribution in [0.2, 0.25) is 0 Å². The molecule has 2 aliphatic carbocycles. The topological polar surface area (TPSA) is 171 Å². The molecule has 0 amide bonds. The minimum absolute atomic E-state index is 0.153. The van der Waals surface area contributed by atoms with Crippen molar-refractivity contribution >= 4 is 17.2 Å². The van der Waals surface area contributed by atoms with Gasteiger partial charge in [-0.15, -0.1) is 0 Å². The van der Waals surface area contributed by atoms with E-state index in [0.29, 0.717) is 0 Å². The minimum atomic E-state index is -2.61.